The predicted octanol–water partition coefficient (Wildman–Crippen LogP) is 1.91. The van der Waals surface area contributed by atoms with E-state index in [4.69, 9.17) is 5.11 Å². The molecule has 1 N–H and O–H groups in total. The summed E-state index contributed by atoms with van der Waals surface area (Å²) in [6, 6.07) is 7.50. The summed E-state index contributed by atoms with van der Waals surface area (Å²) in [5, 5.41) is 8.69. The lowest BCUT2D eigenvalue weighted by Gasteiger charge is -2.31. The van der Waals surface area contributed by atoms with E-state index >= 15 is 0 Å². The fraction of sp³-hybridized carbons (Fsp3) is 0.500. The van der Waals surface area contributed by atoms with E-state index in [1.54, 1.807) is 4.31 Å². The van der Waals surface area contributed by atoms with Crippen molar-refractivity contribution in [2.75, 3.05) is 18.9 Å². The Morgan fingerprint density at radius 2 is 2.00 bits per heavy atom. The summed E-state index contributed by atoms with van der Waals surface area (Å²) in [5.74, 6) is 6.09. The molecule has 0 aliphatic carbocycles. The first-order chi connectivity index (χ1) is 10.0. The summed E-state index contributed by atoms with van der Waals surface area (Å²) in [6.45, 7) is 2.59. The number of hydrogen-bond acceptors (Lipinski definition) is 3. The van der Waals surface area contributed by atoms with Gasteiger partial charge in [-0.3, -0.25) is 0 Å². The molecule has 21 heavy (non-hydrogen) atoms. The summed E-state index contributed by atoms with van der Waals surface area (Å²) < 4.78 is 25.8. The second kappa shape index (κ2) is 7.08. The molecule has 0 spiro atoms. The number of rotatable bonds is 3. The number of sulfonamides is 1. The lowest BCUT2D eigenvalue weighted by Crippen LogP contribution is -2.39. The normalized spacial score (nSPS) is 19.5. The molecule has 114 valence electrons. The van der Waals surface area contributed by atoms with Gasteiger partial charge in [0, 0.05) is 24.6 Å². The smallest absolute Gasteiger partial charge is 0.214 e. The fourth-order valence-electron chi connectivity index (χ4n) is 2.47. The Morgan fingerprint density at radius 3 is 2.62 bits per heavy atom. The molecule has 1 aromatic rings. The number of aliphatic hydroxyl groups is 1. The number of aliphatic hydroxyl groups excluding tert-OH is 1. The molecule has 0 amide bonds. The van der Waals surface area contributed by atoms with Crippen molar-refractivity contribution in [2.24, 2.45) is 0 Å². The van der Waals surface area contributed by atoms with Gasteiger partial charge in [0.2, 0.25) is 10.0 Å². The standard InChI is InChI=1S/C16H21NO3S/c1-14(17-11-3-5-13-21(17,19)20)16-9-7-15(8-10-16)6-2-4-12-18/h7-10,14,18H,3-5,11-13H2,1H3. The lowest BCUT2D eigenvalue weighted by atomic mass is 10.1. The van der Waals surface area contributed by atoms with Crippen molar-refractivity contribution in [3.05, 3.63) is 35.4 Å². The number of benzene rings is 1. The first-order valence-corrected chi connectivity index (χ1v) is 8.85. The number of nitrogens with zero attached hydrogens (tertiary/aromatic N) is 1. The van der Waals surface area contributed by atoms with E-state index in [1.807, 2.05) is 31.2 Å². The van der Waals surface area contributed by atoms with E-state index in [0.29, 0.717) is 13.0 Å². The molecule has 1 atom stereocenters. The zero-order chi connectivity index (χ0) is 15.3. The number of hydrogen-bond donors (Lipinski definition) is 1. The molecule has 0 bridgehead atoms. The van der Waals surface area contributed by atoms with Crippen LogP contribution >= 0.6 is 0 Å². The SMILES string of the molecule is CC(c1ccc(C#CCCO)cc1)N1CCCCS1(=O)=O. The van der Waals surface area contributed by atoms with Crippen LogP contribution in [0.2, 0.25) is 0 Å². The van der Waals surface area contributed by atoms with Crippen LogP contribution in [0.5, 0.6) is 0 Å². The molecular formula is C16H21NO3S. The van der Waals surface area contributed by atoms with E-state index in [1.165, 1.54) is 0 Å². The van der Waals surface area contributed by atoms with Gasteiger partial charge in [-0.05, 0) is 37.5 Å². The molecule has 1 aliphatic rings. The van der Waals surface area contributed by atoms with Crippen molar-refractivity contribution >= 4 is 10.0 Å². The minimum atomic E-state index is -3.12. The summed E-state index contributed by atoms with van der Waals surface area (Å²) in [7, 11) is -3.12. The Morgan fingerprint density at radius 1 is 1.29 bits per heavy atom. The quantitative estimate of drug-likeness (QED) is 0.868. The monoisotopic (exact) mass is 307 g/mol. The molecule has 1 aromatic carbocycles. The topological polar surface area (TPSA) is 57.6 Å². The van der Waals surface area contributed by atoms with Gasteiger partial charge < -0.3 is 5.11 Å². The van der Waals surface area contributed by atoms with Crippen LogP contribution in [0.4, 0.5) is 0 Å². The van der Waals surface area contributed by atoms with E-state index in [2.05, 4.69) is 11.8 Å². The maximum atomic E-state index is 12.1. The van der Waals surface area contributed by atoms with Crippen molar-refractivity contribution in [3.63, 3.8) is 0 Å². The largest absolute Gasteiger partial charge is 0.395 e. The van der Waals surface area contributed by atoms with Gasteiger partial charge in [-0.1, -0.05) is 24.0 Å². The molecular weight excluding hydrogens is 286 g/mol. The van der Waals surface area contributed by atoms with Gasteiger partial charge in [0.15, 0.2) is 0 Å². The summed E-state index contributed by atoms with van der Waals surface area (Å²) in [4.78, 5) is 0. The fourth-order valence-corrected chi connectivity index (χ4v) is 4.29. The highest BCUT2D eigenvalue weighted by atomic mass is 32.2. The van der Waals surface area contributed by atoms with Crippen LogP contribution in [-0.4, -0.2) is 36.7 Å². The van der Waals surface area contributed by atoms with E-state index < -0.39 is 10.0 Å². The van der Waals surface area contributed by atoms with E-state index in [0.717, 1.165) is 24.0 Å². The molecule has 1 aliphatic heterocycles. The summed E-state index contributed by atoms with van der Waals surface area (Å²) in [5.41, 5.74) is 1.86. The van der Waals surface area contributed by atoms with Crippen molar-refractivity contribution in [1.29, 1.82) is 0 Å². The van der Waals surface area contributed by atoms with Crippen LogP contribution in [0.3, 0.4) is 0 Å². The van der Waals surface area contributed by atoms with Crippen LogP contribution in [-0.2, 0) is 10.0 Å². The second-order valence-corrected chi connectivity index (χ2v) is 7.25. The van der Waals surface area contributed by atoms with Crippen LogP contribution in [0.25, 0.3) is 0 Å². The Bertz CT molecular complexity index is 626. The lowest BCUT2D eigenvalue weighted by molar-refractivity contribution is 0.305. The van der Waals surface area contributed by atoms with Crippen LogP contribution < -0.4 is 0 Å². The van der Waals surface area contributed by atoms with Gasteiger partial charge in [0.05, 0.1) is 12.4 Å². The third kappa shape index (κ3) is 4.07. The van der Waals surface area contributed by atoms with Gasteiger partial charge >= 0.3 is 0 Å². The van der Waals surface area contributed by atoms with Crippen molar-refractivity contribution < 1.29 is 13.5 Å². The predicted molar refractivity (Wildman–Crippen MR) is 83.2 cm³/mol. The minimum Gasteiger partial charge on any atom is -0.395 e. The van der Waals surface area contributed by atoms with Crippen molar-refractivity contribution in [1.82, 2.24) is 4.31 Å². The molecule has 2 rings (SSSR count). The Labute approximate surface area is 126 Å². The van der Waals surface area contributed by atoms with Crippen molar-refractivity contribution in [2.45, 2.75) is 32.2 Å². The minimum absolute atomic E-state index is 0.0644. The molecule has 1 fully saturated rings. The molecule has 5 heteroatoms. The zero-order valence-corrected chi connectivity index (χ0v) is 13.1. The first-order valence-electron chi connectivity index (χ1n) is 7.24. The maximum absolute atomic E-state index is 12.1. The van der Waals surface area contributed by atoms with Gasteiger partial charge in [-0.2, -0.15) is 4.31 Å². The second-order valence-electron chi connectivity index (χ2n) is 5.21. The zero-order valence-electron chi connectivity index (χ0n) is 12.2. The highest BCUT2D eigenvalue weighted by molar-refractivity contribution is 7.89. The van der Waals surface area contributed by atoms with Crippen LogP contribution in [0.15, 0.2) is 24.3 Å². The molecule has 0 saturated carbocycles. The average molecular weight is 307 g/mol. The highest BCUT2D eigenvalue weighted by Crippen LogP contribution is 2.27. The van der Waals surface area contributed by atoms with Gasteiger partial charge in [-0.25, -0.2) is 8.42 Å². The Balaban J connectivity index is 2.13. The average Bonchev–Trinajstić information content (AvgIpc) is 2.47. The van der Waals surface area contributed by atoms with Crippen LogP contribution in [0.1, 0.15) is 43.4 Å². The Hall–Kier alpha value is -1.35. The third-order valence-electron chi connectivity index (χ3n) is 3.68. The van der Waals surface area contributed by atoms with Crippen molar-refractivity contribution in [3.8, 4) is 11.8 Å². The molecule has 4 nitrogen and oxygen atoms in total. The Kier molecular flexibility index (Phi) is 5.40. The molecule has 0 radical (unpaired) electrons. The first kappa shape index (κ1) is 16.0. The third-order valence-corrected chi connectivity index (χ3v) is 5.70. The molecule has 1 heterocycles. The van der Waals surface area contributed by atoms with Gasteiger partial charge in [0.1, 0.15) is 0 Å². The van der Waals surface area contributed by atoms with Crippen LogP contribution in [0, 0.1) is 11.8 Å². The van der Waals surface area contributed by atoms with E-state index in [-0.39, 0.29) is 18.4 Å². The summed E-state index contributed by atoms with van der Waals surface area (Å²) >= 11 is 0. The van der Waals surface area contributed by atoms with Gasteiger partial charge in [0.25, 0.3) is 0 Å². The summed E-state index contributed by atoms with van der Waals surface area (Å²) in [6.07, 6.45) is 2.14. The molecule has 1 unspecified atom stereocenters. The van der Waals surface area contributed by atoms with E-state index in [9.17, 15) is 8.42 Å². The van der Waals surface area contributed by atoms with Gasteiger partial charge in [-0.15, -0.1) is 0 Å². The highest BCUT2D eigenvalue weighted by Gasteiger charge is 2.30. The maximum Gasteiger partial charge on any atom is 0.214 e. The molecule has 0 aromatic heterocycles. The molecule has 1 saturated heterocycles.